The van der Waals surface area contributed by atoms with E-state index in [4.69, 9.17) is 17.0 Å². The molecular weight excluding hydrogens is 300 g/mol. The van der Waals surface area contributed by atoms with Crippen LogP contribution in [0.15, 0.2) is 16.6 Å². The summed E-state index contributed by atoms with van der Waals surface area (Å²) in [6.45, 7) is 5.45. The van der Waals surface area contributed by atoms with E-state index in [9.17, 15) is 0 Å². The number of hydrogen-bond acceptors (Lipinski definition) is 2. The lowest BCUT2D eigenvalue weighted by atomic mass is 10.1. The number of rotatable bonds is 4. The molecule has 0 aromatic heterocycles. The van der Waals surface area contributed by atoms with E-state index in [0.29, 0.717) is 18.3 Å². The molecule has 1 aromatic carbocycles. The Balaban J connectivity index is 2.65. The molecule has 0 aliphatic carbocycles. The van der Waals surface area contributed by atoms with Crippen molar-refractivity contribution < 1.29 is 4.74 Å². The van der Waals surface area contributed by atoms with Gasteiger partial charge in [-0.15, -0.1) is 0 Å². The van der Waals surface area contributed by atoms with Crippen molar-refractivity contribution in [3.63, 3.8) is 0 Å². The standard InChI is InChI=1S/C12H17BrN2OS/c1-8-6-9(2)11(10(13)7-8)15-12(17)14-4-5-16-3/h6-7H,4-5H2,1-3H3,(H2,14,15,17). The molecule has 0 unspecified atom stereocenters. The maximum atomic E-state index is 5.20. The molecule has 17 heavy (non-hydrogen) atoms. The number of anilines is 1. The van der Waals surface area contributed by atoms with Crippen LogP contribution in [0.2, 0.25) is 0 Å². The van der Waals surface area contributed by atoms with Gasteiger partial charge in [-0.3, -0.25) is 0 Å². The van der Waals surface area contributed by atoms with Gasteiger partial charge in [0.05, 0.1) is 12.3 Å². The monoisotopic (exact) mass is 316 g/mol. The second kappa shape index (κ2) is 6.93. The summed E-state index contributed by atoms with van der Waals surface area (Å²) in [5.74, 6) is 0. The van der Waals surface area contributed by atoms with Crippen LogP contribution in [-0.4, -0.2) is 25.4 Å². The van der Waals surface area contributed by atoms with E-state index in [2.05, 4.69) is 52.5 Å². The summed E-state index contributed by atoms with van der Waals surface area (Å²) in [7, 11) is 1.67. The molecule has 1 rings (SSSR count). The molecule has 3 nitrogen and oxygen atoms in total. The van der Waals surface area contributed by atoms with Crippen molar-refractivity contribution in [2.75, 3.05) is 25.6 Å². The van der Waals surface area contributed by atoms with E-state index in [1.54, 1.807) is 7.11 Å². The SMILES string of the molecule is COCCNC(=S)Nc1c(C)cc(C)cc1Br. The summed E-state index contributed by atoms with van der Waals surface area (Å²) in [5, 5.41) is 6.86. The summed E-state index contributed by atoms with van der Waals surface area (Å²) in [6.07, 6.45) is 0. The van der Waals surface area contributed by atoms with E-state index in [-0.39, 0.29) is 0 Å². The summed E-state index contributed by atoms with van der Waals surface area (Å²) < 4.78 is 5.97. The van der Waals surface area contributed by atoms with Gasteiger partial charge in [0, 0.05) is 18.1 Å². The fraction of sp³-hybridized carbons (Fsp3) is 0.417. The number of benzene rings is 1. The van der Waals surface area contributed by atoms with Crippen LogP contribution in [0.1, 0.15) is 11.1 Å². The van der Waals surface area contributed by atoms with Crippen LogP contribution in [0.3, 0.4) is 0 Å². The lowest BCUT2D eigenvalue weighted by Gasteiger charge is -2.14. The molecule has 0 fully saturated rings. The van der Waals surface area contributed by atoms with Crippen molar-refractivity contribution in [3.8, 4) is 0 Å². The van der Waals surface area contributed by atoms with E-state index in [1.807, 2.05) is 0 Å². The average molecular weight is 317 g/mol. The second-order valence-electron chi connectivity index (χ2n) is 3.81. The Kier molecular flexibility index (Phi) is 5.88. The van der Waals surface area contributed by atoms with Crippen LogP contribution in [0, 0.1) is 13.8 Å². The molecule has 0 bridgehead atoms. The minimum atomic E-state index is 0.606. The van der Waals surface area contributed by atoms with Crippen molar-refractivity contribution in [3.05, 3.63) is 27.7 Å². The zero-order valence-corrected chi connectivity index (χ0v) is 12.7. The Bertz CT molecular complexity index is 386. The van der Waals surface area contributed by atoms with Gasteiger partial charge in [0.25, 0.3) is 0 Å². The maximum absolute atomic E-state index is 5.20. The Morgan fingerprint density at radius 3 is 2.71 bits per heavy atom. The number of methoxy groups -OCH3 is 1. The van der Waals surface area contributed by atoms with Crippen LogP contribution in [0.4, 0.5) is 5.69 Å². The first-order chi connectivity index (χ1) is 8.04. The Labute approximate surface area is 116 Å². The molecule has 0 aliphatic rings. The summed E-state index contributed by atoms with van der Waals surface area (Å²) in [4.78, 5) is 0. The third kappa shape index (κ3) is 4.61. The van der Waals surface area contributed by atoms with Gasteiger partial charge in [-0.05, 0) is 59.2 Å². The quantitative estimate of drug-likeness (QED) is 0.661. The predicted molar refractivity (Wildman–Crippen MR) is 79.7 cm³/mol. The molecule has 0 amide bonds. The molecule has 0 heterocycles. The summed E-state index contributed by atoms with van der Waals surface area (Å²) in [6, 6.07) is 4.18. The largest absolute Gasteiger partial charge is 0.383 e. The Morgan fingerprint density at radius 2 is 2.12 bits per heavy atom. The highest BCUT2D eigenvalue weighted by molar-refractivity contribution is 9.10. The van der Waals surface area contributed by atoms with E-state index < -0.39 is 0 Å². The molecule has 0 saturated carbocycles. The third-order valence-corrected chi connectivity index (χ3v) is 3.13. The van der Waals surface area contributed by atoms with Gasteiger partial charge in [0.1, 0.15) is 0 Å². The van der Waals surface area contributed by atoms with Crippen LogP contribution in [-0.2, 0) is 4.74 Å². The summed E-state index contributed by atoms with van der Waals surface area (Å²) >= 11 is 8.74. The minimum Gasteiger partial charge on any atom is -0.383 e. The molecule has 0 atom stereocenters. The third-order valence-electron chi connectivity index (χ3n) is 2.26. The van der Waals surface area contributed by atoms with Crippen LogP contribution in [0.5, 0.6) is 0 Å². The normalized spacial score (nSPS) is 10.1. The van der Waals surface area contributed by atoms with Gasteiger partial charge in [0.2, 0.25) is 0 Å². The average Bonchev–Trinajstić information content (AvgIpc) is 2.24. The fourth-order valence-electron chi connectivity index (χ4n) is 1.50. The van der Waals surface area contributed by atoms with Crippen molar-refractivity contribution in [2.45, 2.75) is 13.8 Å². The highest BCUT2D eigenvalue weighted by Gasteiger charge is 2.06. The number of halogens is 1. The smallest absolute Gasteiger partial charge is 0.170 e. The highest BCUT2D eigenvalue weighted by Crippen LogP contribution is 2.27. The molecule has 1 aromatic rings. The molecule has 0 saturated heterocycles. The highest BCUT2D eigenvalue weighted by atomic mass is 79.9. The van der Waals surface area contributed by atoms with Gasteiger partial charge in [-0.1, -0.05) is 6.07 Å². The van der Waals surface area contributed by atoms with Crippen LogP contribution in [0.25, 0.3) is 0 Å². The molecular formula is C12H17BrN2OS. The minimum absolute atomic E-state index is 0.606. The Hall–Kier alpha value is -0.650. The van der Waals surface area contributed by atoms with E-state index in [0.717, 1.165) is 15.7 Å². The lowest BCUT2D eigenvalue weighted by molar-refractivity contribution is 0.204. The lowest BCUT2D eigenvalue weighted by Crippen LogP contribution is -2.31. The number of nitrogens with one attached hydrogen (secondary N) is 2. The van der Waals surface area contributed by atoms with Crippen molar-refractivity contribution in [2.24, 2.45) is 0 Å². The molecule has 0 spiro atoms. The Morgan fingerprint density at radius 1 is 1.41 bits per heavy atom. The van der Waals surface area contributed by atoms with Crippen molar-refractivity contribution >= 4 is 38.9 Å². The first-order valence-corrected chi connectivity index (χ1v) is 6.55. The van der Waals surface area contributed by atoms with Crippen LogP contribution < -0.4 is 10.6 Å². The molecule has 94 valence electrons. The zero-order chi connectivity index (χ0) is 12.8. The molecule has 0 aliphatic heterocycles. The fourth-order valence-corrected chi connectivity index (χ4v) is 2.48. The van der Waals surface area contributed by atoms with Gasteiger partial charge >= 0.3 is 0 Å². The number of hydrogen-bond donors (Lipinski definition) is 2. The number of ether oxygens (including phenoxy) is 1. The number of aryl methyl sites for hydroxylation is 2. The van der Waals surface area contributed by atoms with Gasteiger partial charge in [-0.2, -0.15) is 0 Å². The van der Waals surface area contributed by atoms with Crippen molar-refractivity contribution in [1.82, 2.24) is 5.32 Å². The van der Waals surface area contributed by atoms with Gasteiger partial charge in [-0.25, -0.2) is 0 Å². The predicted octanol–water partition coefficient (Wildman–Crippen LogP) is 3.00. The van der Waals surface area contributed by atoms with Crippen LogP contribution >= 0.6 is 28.1 Å². The summed E-state index contributed by atoms with van der Waals surface area (Å²) in [5.41, 5.74) is 3.39. The van der Waals surface area contributed by atoms with Gasteiger partial charge in [0.15, 0.2) is 5.11 Å². The topological polar surface area (TPSA) is 33.3 Å². The molecule has 5 heteroatoms. The zero-order valence-electron chi connectivity index (χ0n) is 10.3. The first-order valence-electron chi connectivity index (χ1n) is 5.35. The van der Waals surface area contributed by atoms with E-state index in [1.165, 1.54) is 5.56 Å². The molecule has 0 radical (unpaired) electrons. The number of thiocarbonyl (C=S) groups is 1. The first kappa shape index (κ1) is 14.4. The molecule has 2 N–H and O–H groups in total. The van der Waals surface area contributed by atoms with E-state index >= 15 is 0 Å². The van der Waals surface area contributed by atoms with Gasteiger partial charge < -0.3 is 15.4 Å². The maximum Gasteiger partial charge on any atom is 0.170 e. The second-order valence-corrected chi connectivity index (χ2v) is 5.07. The van der Waals surface area contributed by atoms with Crippen molar-refractivity contribution in [1.29, 1.82) is 0 Å².